The van der Waals surface area contributed by atoms with E-state index in [4.69, 9.17) is 4.74 Å². The normalized spacial score (nSPS) is 43.6. The number of carbonyl (C=O) groups excluding carboxylic acids is 2. The van der Waals surface area contributed by atoms with Crippen molar-refractivity contribution in [2.45, 2.75) is 119 Å². The second-order valence-corrected chi connectivity index (χ2v) is 16.9. The number of nitrogens with one attached hydrogen (secondary N) is 1. The second kappa shape index (κ2) is 9.76. The van der Waals surface area contributed by atoms with Crippen LogP contribution in [0.4, 0.5) is 0 Å². The van der Waals surface area contributed by atoms with E-state index in [0.717, 1.165) is 56.9 Å². The summed E-state index contributed by atoms with van der Waals surface area (Å²) in [5.74, 6) is 1.05. The minimum atomic E-state index is -0.515. The van der Waals surface area contributed by atoms with Gasteiger partial charge in [0, 0.05) is 5.41 Å². The molecule has 0 amide bonds. The van der Waals surface area contributed by atoms with Gasteiger partial charge in [-0.05, 0) is 103 Å². The molecule has 0 spiro atoms. The first-order valence-electron chi connectivity index (χ1n) is 16.5. The molecule has 1 aromatic carbocycles. The summed E-state index contributed by atoms with van der Waals surface area (Å²) >= 11 is 0. The fraction of sp³-hybridized carbons (Fsp3) is 0.730. The van der Waals surface area contributed by atoms with Crippen LogP contribution in [0, 0.1) is 50.2 Å². The van der Waals surface area contributed by atoms with Crippen LogP contribution in [0.2, 0.25) is 0 Å². The van der Waals surface area contributed by atoms with Gasteiger partial charge in [-0.25, -0.2) is 0 Å². The van der Waals surface area contributed by atoms with Crippen molar-refractivity contribution in [2.75, 3.05) is 0 Å². The van der Waals surface area contributed by atoms with E-state index >= 15 is 0 Å². The quantitative estimate of drug-likeness (QED) is 0.216. The Morgan fingerprint density at radius 2 is 1.62 bits per heavy atom. The van der Waals surface area contributed by atoms with Gasteiger partial charge in [-0.3, -0.25) is 9.59 Å². The third-order valence-electron chi connectivity index (χ3n) is 14.1. The average molecular weight is 576 g/mol. The lowest BCUT2D eigenvalue weighted by molar-refractivity contribution is -0.196. The fourth-order valence-electron chi connectivity index (χ4n) is 11.6. The number of hydrogen-bond acceptors (Lipinski definition) is 5. The molecule has 0 aromatic heterocycles. The van der Waals surface area contributed by atoms with E-state index in [1.807, 2.05) is 30.3 Å². The average Bonchev–Trinajstić information content (AvgIpc) is 2.94. The van der Waals surface area contributed by atoms with Gasteiger partial charge in [-0.1, -0.05) is 90.4 Å². The van der Waals surface area contributed by atoms with Gasteiger partial charge in [0.2, 0.25) is 0 Å². The molecular formula is C37H53NO4. The van der Waals surface area contributed by atoms with Crippen LogP contribution in [0.25, 0.3) is 0 Å². The number of ketones is 1. The molecule has 0 heterocycles. The second-order valence-electron chi connectivity index (χ2n) is 16.9. The zero-order valence-electron chi connectivity index (χ0n) is 27.0. The number of benzene rings is 1. The predicted octanol–water partition coefficient (Wildman–Crippen LogP) is 8.06. The van der Waals surface area contributed by atoms with E-state index in [0.29, 0.717) is 24.9 Å². The highest BCUT2D eigenvalue weighted by Crippen LogP contribution is 2.75. The molecule has 4 saturated carbocycles. The van der Waals surface area contributed by atoms with Crippen LogP contribution in [0.3, 0.4) is 0 Å². The highest BCUT2D eigenvalue weighted by molar-refractivity contribution is 5.90. The van der Waals surface area contributed by atoms with Crippen LogP contribution in [-0.4, -0.2) is 23.0 Å². The van der Waals surface area contributed by atoms with Gasteiger partial charge in [-0.2, -0.15) is 5.48 Å². The number of ether oxygens (including phenoxy) is 1. The summed E-state index contributed by atoms with van der Waals surface area (Å²) in [6.45, 7) is 16.8. The Morgan fingerprint density at radius 1 is 0.929 bits per heavy atom. The molecule has 8 atom stereocenters. The van der Waals surface area contributed by atoms with Crippen LogP contribution in [0.15, 0.2) is 42.0 Å². The lowest BCUT2D eigenvalue weighted by Crippen LogP contribution is -2.67. The van der Waals surface area contributed by atoms with Crippen molar-refractivity contribution in [3.05, 3.63) is 47.5 Å². The summed E-state index contributed by atoms with van der Waals surface area (Å²) in [5.41, 5.74) is 4.20. The summed E-state index contributed by atoms with van der Waals surface area (Å²) in [4.78, 5) is 27.6. The molecule has 230 valence electrons. The van der Waals surface area contributed by atoms with Crippen LogP contribution in [0.1, 0.15) is 112 Å². The van der Waals surface area contributed by atoms with Crippen molar-refractivity contribution in [3.63, 3.8) is 0 Å². The van der Waals surface area contributed by atoms with E-state index in [2.05, 4.69) is 60.0 Å². The molecule has 0 radical (unpaired) electrons. The third kappa shape index (κ3) is 4.08. The molecule has 2 N–H and O–H groups in total. The van der Waals surface area contributed by atoms with Crippen LogP contribution < -0.4 is 5.48 Å². The Labute approximate surface area is 253 Å². The Kier molecular flexibility index (Phi) is 6.99. The number of allylic oxidation sites excluding steroid dienone is 2. The van der Waals surface area contributed by atoms with E-state index in [1.54, 1.807) is 0 Å². The molecule has 5 aliphatic rings. The predicted molar refractivity (Wildman–Crippen MR) is 164 cm³/mol. The Balaban J connectivity index is 1.38. The summed E-state index contributed by atoms with van der Waals surface area (Å²) in [7, 11) is 0. The van der Waals surface area contributed by atoms with E-state index < -0.39 is 16.9 Å². The first-order chi connectivity index (χ1) is 19.6. The summed E-state index contributed by atoms with van der Waals surface area (Å²) in [6.07, 6.45) is 11.2. The molecule has 0 bridgehead atoms. The van der Waals surface area contributed by atoms with Gasteiger partial charge in [0.15, 0.2) is 5.78 Å². The number of esters is 1. The van der Waals surface area contributed by atoms with E-state index in [1.165, 1.54) is 5.57 Å². The van der Waals surface area contributed by atoms with Crippen LogP contribution in [0.5, 0.6) is 0 Å². The van der Waals surface area contributed by atoms with Gasteiger partial charge in [-0.15, -0.1) is 0 Å². The summed E-state index contributed by atoms with van der Waals surface area (Å²) < 4.78 is 6.16. The highest BCUT2D eigenvalue weighted by atomic mass is 16.5. The Morgan fingerprint density at radius 3 is 2.31 bits per heavy atom. The highest BCUT2D eigenvalue weighted by Gasteiger charge is 2.70. The van der Waals surface area contributed by atoms with Gasteiger partial charge >= 0.3 is 5.97 Å². The van der Waals surface area contributed by atoms with Crippen molar-refractivity contribution in [2.24, 2.45) is 50.2 Å². The monoisotopic (exact) mass is 575 g/mol. The molecule has 1 unspecified atom stereocenters. The topological polar surface area (TPSA) is 75.6 Å². The first-order valence-corrected chi connectivity index (χ1v) is 16.5. The van der Waals surface area contributed by atoms with Crippen LogP contribution in [-0.2, 0) is 20.9 Å². The van der Waals surface area contributed by atoms with Crippen LogP contribution >= 0.6 is 0 Å². The van der Waals surface area contributed by atoms with Gasteiger partial charge in [0.1, 0.15) is 6.61 Å². The van der Waals surface area contributed by atoms with Crippen molar-refractivity contribution in [1.82, 2.24) is 5.48 Å². The largest absolute Gasteiger partial charge is 0.460 e. The number of fused-ring (bicyclic) bond motifs is 7. The number of hydrogen-bond donors (Lipinski definition) is 2. The Hall–Kier alpha value is -1.98. The first kappa shape index (κ1) is 30.1. The maximum atomic E-state index is 14.2. The fourth-order valence-corrected chi connectivity index (χ4v) is 11.6. The third-order valence-corrected chi connectivity index (χ3v) is 14.1. The molecule has 4 fully saturated rings. The smallest absolute Gasteiger partial charge is 0.313 e. The van der Waals surface area contributed by atoms with Gasteiger partial charge in [0.05, 0.1) is 11.5 Å². The molecule has 6 rings (SSSR count). The molecule has 0 saturated heterocycles. The van der Waals surface area contributed by atoms with E-state index in [9.17, 15) is 14.8 Å². The standard InChI is InChI=1S/C37H53NO4/c1-32(2)17-19-37(31(40)42-23-24-11-9-8-10-12-24)20-18-35(6)25(26(37)21-32)13-14-29-34(5)22-27(38-41)30(39)33(3,4)28(34)15-16-36(29,35)7/h8-13,26-29,38,41H,14-23H2,1-7H3/t26-,27?,28-,29+,34-,35+,36+,37-/m0/s1. The molecule has 5 heteroatoms. The van der Waals surface area contributed by atoms with Gasteiger partial charge in [0.25, 0.3) is 0 Å². The lowest BCUT2D eigenvalue weighted by Gasteiger charge is -2.71. The molecule has 5 aliphatic carbocycles. The molecule has 42 heavy (non-hydrogen) atoms. The molecule has 0 aliphatic heterocycles. The number of rotatable bonds is 4. The van der Waals surface area contributed by atoms with Crippen molar-refractivity contribution in [1.29, 1.82) is 0 Å². The van der Waals surface area contributed by atoms with Gasteiger partial charge < -0.3 is 9.94 Å². The van der Waals surface area contributed by atoms with Crippen molar-refractivity contribution in [3.8, 4) is 0 Å². The zero-order chi connectivity index (χ0) is 30.3. The zero-order valence-corrected chi connectivity index (χ0v) is 27.0. The summed E-state index contributed by atoms with van der Waals surface area (Å²) in [6, 6.07) is 9.54. The number of carbonyl (C=O) groups is 2. The number of Topliss-reactive ketones (excluding diaryl/α,β-unsaturated/α-hetero) is 1. The summed E-state index contributed by atoms with van der Waals surface area (Å²) in [5, 5.41) is 10.0. The number of hydroxylamine groups is 1. The SMILES string of the molecule is CC1(C)CC[C@]2(C(=O)OCc3ccccc3)CC[C@]3(C)C(=CC[C@@H]4[C@@]5(C)CC(NO)C(=O)C(C)(C)[C@@H]5CC[C@]43C)[C@@H]2C1. The minimum Gasteiger partial charge on any atom is -0.460 e. The molecular weight excluding hydrogens is 522 g/mol. The Bertz CT molecular complexity index is 1280. The molecule has 1 aromatic rings. The maximum Gasteiger partial charge on any atom is 0.313 e. The lowest BCUT2D eigenvalue weighted by atomic mass is 9.33. The minimum absolute atomic E-state index is 0.00199. The van der Waals surface area contributed by atoms with E-state index in [-0.39, 0.29) is 39.3 Å². The maximum absolute atomic E-state index is 14.2. The van der Waals surface area contributed by atoms with Crippen molar-refractivity contribution >= 4 is 11.8 Å². The van der Waals surface area contributed by atoms with Crippen molar-refractivity contribution < 1.29 is 19.5 Å². The molecule has 5 nitrogen and oxygen atoms in total.